The predicted molar refractivity (Wildman–Crippen MR) is 50.9 cm³/mol. The van der Waals surface area contributed by atoms with Crippen LogP contribution in [0.3, 0.4) is 0 Å². The minimum absolute atomic E-state index is 0.553. The van der Waals surface area contributed by atoms with Crippen molar-refractivity contribution in [2.24, 2.45) is 0 Å². The van der Waals surface area contributed by atoms with Gasteiger partial charge in [-0.15, -0.1) is 0 Å². The Morgan fingerprint density at radius 2 is 1.93 bits per heavy atom. The molecule has 0 saturated heterocycles. The van der Waals surface area contributed by atoms with Crippen LogP contribution in [-0.2, 0) is 16.9 Å². The molecule has 0 aliphatic heterocycles. The van der Waals surface area contributed by atoms with Gasteiger partial charge in [-0.25, -0.2) is 4.68 Å². The summed E-state index contributed by atoms with van der Waals surface area (Å²) in [7, 11) is -4.67. The fraction of sp³-hybridized carbons (Fsp3) is 0.400. The minimum atomic E-state index is -4.67. The summed E-state index contributed by atoms with van der Waals surface area (Å²) in [5, 5.41) is 3.90. The Morgan fingerprint density at radius 3 is 2.07 bits per heavy atom. The second kappa shape index (κ2) is 4.79. The molecule has 9 heteroatoms. The Hall–Kier alpha value is -1.32. The lowest BCUT2D eigenvalue weighted by molar-refractivity contribution is 0.381. The van der Waals surface area contributed by atoms with Crippen LogP contribution in [0.25, 0.3) is 0 Å². The van der Waals surface area contributed by atoms with Crippen molar-refractivity contribution in [1.82, 2.24) is 9.78 Å². The van der Waals surface area contributed by atoms with E-state index in [1.165, 1.54) is 0 Å². The fourth-order valence-electron chi connectivity index (χ4n) is 0.661. The molecule has 0 unspecified atom stereocenters. The van der Waals surface area contributed by atoms with Crippen LogP contribution in [0.1, 0.15) is 6.92 Å². The van der Waals surface area contributed by atoms with E-state index in [9.17, 15) is 0 Å². The van der Waals surface area contributed by atoms with E-state index in [4.69, 9.17) is 29.0 Å². The lowest BCUT2D eigenvalue weighted by Crippen LogP contribution is -2.02. The molecule has 82 valence electrons. The average molecular weight is 224 g/mol. The van der Waals surface area contributed by atoms with Crippen LogP contribution in [-0.4, -0.2) is 27.3 Å². The summed E-state index contributed by atoms with van der Waals surface area (Å²) in [6, 6.07) is 0. The monoisotopic (exact) mass is 224 g/mol. The smallest absolute Gasteiger partial charge is 0.394 e. The molecule has 0 aromatic carbocycles. The number of hydrogen-bond acceptors (Lipinski definition) is 5. The molecule has 8 nitrogen and oxygen atoms in total. The molecule has 1 aromatic heterocycles. The lowest BCUT2D eigenvalue weighted by Gasteiger charge is -1.96. The average Bonchev–Trinajstić information content (AvgIpc) is 2.30. The maximum Gasteiger partial charge on any atom is 0.394 e. The van der Waals surface area contributed by atoms with Crippen LogP contribution < -0.4 is 11.5 Å². The van der Waals surface area contributed by atoms with Crippen molar-refractivity contribution in [2.45, 2.75) is 13.5 Å². The maximum atomic E-state index is 8.74. The summed E-state index contributed by atoms with van der Waals surface area (Å²) in [6.07, 6.45) is 1.55. The third-order valence-corrected chi connectivity index (χ3v) is 1.21. The van der Waals surface area contributed by atoms with Crippen molar-refractivity contribution >= 4 is 21.9 Å². The van der Waals surface area contributed by atoms with Gasteiger partial charge in [-0.1, -0.05) is 0 Å². The zero-order valence-electron chi connectivity index (χ0n) is 7.45. The molecule has 14 heavy (non-hydrogen) atoms. The summed E-state index contributed by atoms with van der Waals surface area (Å²) < 4.78 is 33.2. The van der Waals surface area contributed by atoms with Gasteiger partial charge in [-0.3, -0.25) is 9.11 Å². The lowest BCUT2D eigenvalue weighted by atomic mass is 10.5. The number of nitrogen functional groups attached to an aromatic ring is 2. The molecule has 1 heterocycles. The number of nitrogens with zero attached hydrogens (tertiary/aromatic N) is 2. The van der Waals surface area contributed by atoms with Crippen molar-refractivity contribution in [3.05, 3.63) is 6.20 Å². The maximum absolute atomic E-state index is 8.74. The highest BCUT2D eigenvalue weighted by Crippen LogP contribution is 2.10. The fourth-order valence-corrected chi connectivity index (χ4v) is 0.661. The second-order valence-corrected chi connectivity index (χ2v) is 3.14. The van der Waals surface area contributed by atoms with Crippen molar-refractivity contribution < 1.29 is 17.5 Å². The Morgan fingerprint density at radius 1 is 1.50 bits per heavy atom. The number of nitrogens with two attached hydrogens (primary N) is 2. The van der Waals surface area contributed by atoms with E-state index in [0.29, 0.717) is 11.5 Å². The number of anilines is 2. The van der Waals surface area contributed by atoms with E-state index in [0.717, 1.165) is 6.54 Å². The molecule has 0 spiro atoms. The zero-order valence-corrected chi connectivity index (χ0v) is 8.27. The number of aromatic nitrogens is 2. The van der Waals surface area contributed by atoms with E-state index in [1.807, 2.05) is 6.92 Å². The molecule has 6 N–H and O–H groups in total. The van der Waals surface area contributed by atoms with Crippen molar-refractivity contribution in [2.75, 3.05) is 11.5 Å². The van der Waals surface area contributed by atoms with Crippen molar-refractivity contribution in [1.29, 1.82) is 0 Å². The first kappa shape index (κ1) is 12.7. The number of aryl methyl sites for hydroxylation is 1. The predicted octanol–water partition coefficient (Wildman–Crippen LogP) is -0.585. The molecule has 0 amide bonds. The normalized spacial score (nSPS) is 10.5. The van der Waals surface area contributed by atoms with Gasteiger partial charge in [0.05, 0.1) is 11.9 Å². The molecule has 1 rings (SSSR count). The number of hydrogen-bond donors (Lipinski definition) is 4. The van der Waals surface area contributed by atoms with Gasteiger partial charge in [-0.2, -0.15) is 13.5 Å². The van der Waals surface area contributed by atoms with Gasteiger partial charge in [0.25, 0.3) is 0 Å². The first-order chi connectivity index (χ1) is 6.25. The standard InChI is InChI=1S/C5H10N4.H2O4S/c1-2-9-5(7)4(6)3-8-9;1-5(2,3)4/h3H,2,6-7H2,1H3;(H2,1,2,3,4). The van der Waals surface area contributed by atoms with E-state index < -0.39 is 10.4 Å². The number of rotatable bonds is 1. The summed E-state index contributed by atoms with van der Waals surface area (Å²) in [4.78, 5) is 0. The largest absolute Gasteiger partial charge is 0.394 e. The van der Waals surface area contributed by atoms with Gasteiger partial charge in [0, 0.05) is 6.54 Å². The second-order valence-electron chi connectivity index (χ2n) is 2.25. The third kappa shape index (κ3) is 5.35. The SMILES string of the molecule is CCn1ncc(N)c1N.O=S(=O)(O)O. The Labute approximate surface area is 81.1 Å². The van der Waals surface area contributed by atoms with Crippen LogP contribution in [0.4, 0.5) is 11.5 Å². The topological polar surface area (TPSA) is 144 Å². The molecule has 0 saturated carbocycles. The van der Waals surface area contributed by atoms with Crippen molar-refractivity contribution in [3.8, 4) is 0 Å². The van der Waals surface area contributed by atoms with Crippen LogP contribution in [0.15, 0.2) is 6.20 Å². The molecule has 0 bridgehead atoms. The molecular formula is C5H12N4O4S. The molecular weight excluding hydrogens is 212 g/mol. The molecule has 0 atom stereocenters. The molecule has 0 fully saturated rings. The highest BCUT2D eigenvalue weighted by Gasteiger charge is 1.98. The van der Waals surface area contributed by atoms with Gasteiger partial charge < -0.3 is 11.5 Å². The van der Waals surface area contributed by atoms with Crippen molar-refractivity contribution in [3.63, 3.8) is 0 Å². The highest BCUT2D eigenvalue weighted by atomic mass is 32.3. The summed E-state index contributed by atoms with van der Waals surface area (Å²) in [5.74, 6) is 0.553. The van der Waals surface area contributed by atoms with Crippen LogP contribution >= 0.6 is 0 Å². The third-order valence-electron chi connectivity index (χ3n) is 1.21. The zero-order chi connectivity index (χ0) is 11.4. The van der Waals surface area contributed by atoms with Crippen LogP contribution in [0.2, 0.25) is 0 Å². The minimum Gasteiger partial charge on any atom is -0.394 e. The Kier molecular flexibility index (Phi) is 4.34. The van der Waals surface area contributed by atoms with E-state index in [1.54, 1.807) is 10.9 Å². The van der Waals surface area contributed by atoms with Gasteiger partial charge in [0.2, 0.25) is 0 Å². The Balaban J connectivity index is 0.000000292. The van der Waals surface area contributed by atoms with E-state index >= 15 is 0 Å². The first-order valence-corrected chi connectivity index (χ1v) is 4.92. The van der Waals surface area contributed by atoms with Crippen LogP contribution in [0.5, 0.6) is 0 Å². The van der Waals surface area contributed by atoms with Gasteiger partial charge in [-0.05, 0) is 6.92 Å². The van der Waals surface area contributed by atoms with Gasteiger partial charge in [0.15, 0.2) is 0 Å². The first-order valence-electron chi connectivity index (χ1n) is 3.52. The van der Waals surface area contributed by atoms with E-state index in [-0.39, 0.29) is 0 Å². The summed E-state index contributed by atoms with van der Waals surface area (Å²) >= 11 is 0. The summed E-state index contributed by atoms with van der Waals surface area (Å²) in [5.41, 5.74) is 11.4. The molecule has 0 radical (unpaired) electrons. The molecule has 1 aromatic rings. The van der Waals surface area contributed by atoms with Crippen LogP contribution in [0, 0.1) is 0 Å². The quantitative estimate of drug-likeness (QED) is 0.466. The van der Waals surface area contributed by atoms with E-state index in [2.05, 4.69) is 5.10 Å². The highest BCUT2D eigenvalue weighted by molar-refractivity contribution is 7.79. The van der Waals surface area contributed by atoms with Gasteiger partial charge >= 0.3 is 10.4 Å². The summed E-state index contributed by atoms with van der Waals surface area (Å²) in [6.45, 7) is 2.73. The molecule has 0 aliphatic carbocycles. The van der Waals surface area contributed by atoms with Gasteiger partial charge in [0.1, 0.15) is 5.82 Å². The Bertz CT molecular complexity index is 376. The molecule has 0 aliphatic rings.